The summed E-state index contributed by atoms with van der Waals surface area (Å²) in [6, 6.07) is 11.0. The van der Waals surface area contributed by atoms with Crippen LogP contribution < -0.4 is 29.3 Å². The number of hydrogen-bond donors (Lipinski definition) is 0. The van der Waals surface area contributed by atoms with Crippen LogP contribution in [0.25, 0.3) is 6.08 Å². The van der Waals surface area contributed by atoms with Crippen LogP contribution in [0.1, 0.15) is 62.3 Å². The minimum Gasteiger partial charge on any atom is -0.497 e. The Kier molecular flexibility index (Phi) is 8.63. The number of ether oxygens (including phenoxy) is 3. The lowest BCUT2D eigenvalue weighted by molar-refractivity contribution is -0.139. The standard InChI is InChI=1S/C32H37N3O5S/c1-6-10-25-28(31(37)40-7-2)29(24-19-23(38-4)13-14-26(24)39-5)35-30(36)27(41-32(35)33-25)18-21-11-12-22(17-20(21)3)34-15-8-9-16-34/h11-14,17-19,29H,6-10,15-16H2,1-5H3/b27-18-/t29-/m1/s1. The lowest BCUT2D eigenvalue weighted by Gasteiger charge is -2.27. The maximum atomic E-state index is 14.2. The number of aryl methyl sites for hydroxylation is 1. The zero-order valence-corrected chi connectivity index (χ0v) is 25.2. The predicted octanol–water partition coefficient (Wildman–Crippen LogP) is 4.50. The molecule has 8 nitrogen and oxygen atoms in total. The smallest absolute Gasteiger partial charge is 0.338 e. The van der Waals surface area contributed by atoms with Gasteiger partial charge in [-0.25, -0.2) is 9.79 Å². The van der Waals surface area contributed by atoms with E-state index in [1.165, 1.54) is 29.9 Å². The fraction of sp³-hybridized carbons (Fsp3) is 0.406. The number of methoxy groups -OCH3 is 2. The lowest BCUT2D eigenvalue weighted by Crippen LogP contribution is -2.40. The number of aromatic nitrogens is 1. The Labute approximate surface area is 244 Å². The fourth-order valence-corrected chi connectivity index (χ4v) is 6.61. The molecule has 1 fully saturated rings. The van der Waals surface area contributed by atoms with Gasteiger partial charge in [0.1, 0.15) is 17.5 Å². The molecule has 3 heterocycles. The molecular formula is C32H37N3O5S. The number of thiazole rings is 1. The number of nitrogens with zero attached hydrogens (tertiary/aromatic N) is 3. The molecule has 0 unspecified atom stereocenters. The molecule has 0 amide bonds. The molecule has 0 saturated carbocycles. The first-order valence-corrected chi connectivity index (χ1v) is 15.0. The number of benzene rings is 2. The van der Waals surface area contributed by atoms with Crippen molar-refractivity contribution < 1.29 is 19.0 Å². The SMILES string of the molecule is CCCC1=C(C(=O)OCC)[C@@H](c2cc(OC)ccc2OC)n2c(s/c(=C\c3ccc(N4CCCC4)cc3C)c2=O)=N1. The Morgan fingerprint density at radius 1 is 1.10 bits per heavy atom. The molecule has 41 heavy (non-hydrogen) atoms. The van der Waals surface area contributed by atoms with Gasteiger partial charge in [0.25, 0.3) is 5.56 Å². The highest BCUT2D eigenvalue weighted by Gasteiger charge is 2.36. The van der Waals surface area contributed by atoms with Crippen LogP contribution in [0.15, 0.2) is 57.5 Å². The number of hydrogen-bond acceptors (Lipinski definition) is 8. The molecule has 0 radical (unpaired) electrons. The van der Waals surface area contributed by atoms with E-state index in [0.717, 1.165) is 30.6 Å². The topological polar surface area (TPSA) is 82.4 Å². The summed E-state index contributed by atoms with van der Waals surface area (Å²) in [6.07, 6.45) is 5.71. The normalized spacial score (nSPS) is 17.0. The van der Waals surface area contributed by atoms with E-state index in [-0.39, 0.29) is 12.2 Å². The molecule has 1 atom stereocenters. The van der Waals surface area contributed by atoms with Crippen molar-refractivity contribution in [1.29, 1.82) is 0 Å². The minimum atomic E-state index is -0.780. The largest absolute Gasteiger partial charge is 0.497 e. The van der Waals surface area contributed by atoms with E-state index in [1.54, 1.807) is 37.8 Å². The highest BCUT2D eigenvalue weighted by molar-refractivity contribution is 7.07. The van der Waals surface area contributed by atoms with Crippen LogP contribution in [-0.2, 0) is 9.53 Å². The zero-order chi connectivity index (χ0) is 29.1. The quantitative estimate of drug-likeness (QED) is 0.350. The van der Waals surface area contributed by atoms with Crippen molar-refractivity contribution in [1.82, 2.24) is 4.57 Å². The Morgan fingerprint density at radius 2 is 1.88 bits per heavy atom. The van der Waals surface area contributed by atoms with Crippen molar-refractivity contribution in [3.05, 3.63) is 84.0 Å². The molecule has 1 saturated heterocycles. The zero-order valence-electron chi connectivity index (χ0n) is 24.4. The van der Waals surface area contributed by atoms with E-state index >= 15 is 0 Å². The second-order valence-corrected chi connectivity index (χ2v) is 11.3. The third kappa shape index (κ3) is 5.55. The molecular weight excluding hydrogens is 538 g/mol. The summed E-state index contributed by atoms with van der Waals surface area (Å²) in [5.41, 5.74) is 4.69. The summed E-state index contributed by atoms with van der Waals surface area (Å²) < 4.78 is 18.9. The van der Waals surface area contributed by atoms with E-state index in [2.05, 4.69) is 30.0 Å². The summed E-state index contributed by atoms with van der Waals surface area (Å²) in [6.45, 7) is 8.25. The van der Waals surface area contributed by atoms with E-state index in [0.29, 0.717) is 44.1 Å². The Balaban J connectivity index is 1.72. The first kappa shape index (κ1) is 28.7. The van der Waals surface area contributed by atoms with Crippen LogP contribution in [-0.4, -0.2) is 44.5 Å². The number of allylic oxidation sites excluding steroid dienone is 1. The number of fused-ring (bicyclic) bond motifs is 1. The van der Waals surface area contributed by atoms with Crippen molar-refractivity contribution in [2.75, 3.05) is 38.8 Å². The summed E-state index contributed by atoms with van der Waals surface area (Å²) in [5, 5.41) is 0. The molecule has 2 aliphatic heterocycles. The highest BCUT2D eigenvalue weighted by Crippen LogP contribution is 2.38. The Bertz CT molecular complexity index is 1660. The van der Waals surface area contributed by atoms with E-state index < -0.39 is 12.0 Å². The first-order chi connectivity index (χ1) is 19.9. The number of esters is 1. The summed E-state index contributed by atoms with van der Waals surface area (Å²) in [4.78, 5) is 35.5. The maximum Gasteiger partial charge on any atom is 0.338 e. The van der Waals surface area contributed by atoms with Crippen LogP contribution in [0.4, 0.5) is 5.69 Å². The van der Waals surface area contributed by atoms with Gasteiger partial charge in [-0.2, -0.15) is 0 Å². The molecule has 0 bridgehead atoms. The van der Waals surface area contributed by atoms with Crippen LogP contribution in [0, 0.1) is 6.92 Å². The van der Waals surface area contributed by atoms with Gasteiger partial charge in [-0.15, -0.1) is 0 Å². The van der Waals surface area contributed by atoms with Crippen molar-refractivity contribution in [3.63, 3.8) is 0 Å². The molecule has 0 aliphatic carbocycles. The molecule has 2 aromatic carbocycles. The Morgan fingerprint density at radius 3 is 2.54 bits per heavy atom. The van der Waals surface area contributed by atoms with Gasteiger partial charge in [-0.1, -0.05) is 30.7 Å². The molecule has 216 valence electrons. The van der Waals surface area contributed by atoms with Crippen molar-refractivity contribution >= 4 is 29.1 Å². The van der Waals surface area contributed by atoms with Gasteiger partial charge in [0.05, 0.1) is 36.6 Å². The lowest BCUT2D eigenvalue weighted by atomic mass is 9.93. The van der Waals surface area contributed by atoms with Crippen molar-refractivity contribution in [2.45, 2.75) is 52.5 Å². The van der Waals surface area contributed by atoms with Gasteiger partial charge in [-0.3, -0.25) is 9.36 Å². The third-order valence-corrected chi connectivity index (χ3v) is 8.62. The van der Waals surface area contributed by atoms with Gasteiger partial charge in [0, 0.05) is 24.3 Å². The average Bonchev–Trinajstić information content (AvgIpc) is 3.62. The van der Waals surface area contributed by atoms with Crippen molar-refractivity contribution in [2.24, 2.45) is 4.99 Å². The summed E-state index contributed by atoms with van der Waals surface area (Å²) >= 11 is 1.33. The van der Waals surface area contributed by atoms with Gasteiger partial charge in [0.15, 0.2) is 4.80 Å². The van der Waals surface area contributed by atoms with Gasteiger partial charge in [-0.05, 0) is 80.6 Å². The number of carbonyl (C=O) groups is 1. The predicted molar refractivity (Wildman–Crippen MR) is 162 cm³/mol. The van der Waals surface area contributed by atoms with E-state index in [9.17, 15) is 9.59 Å². The molecule has 0 spiro atoms. The third-order valence-electron chi connectivity index (χ3n) is 7.63. The van der Waals surface area contributed by atoms with Crippen LogP contribution in [0.5, 0.6) is 11.5 Å². The van der Waals surface area contributed by atoms with Crippen molar-refractivity contribution in [3.8, 4) is 11.5 Å². The summed E-state index contributed by atoms with van der Waals surface area (Å²) in [7, 11) is 3.16. The number of rotatable bonds is 9. The molecule has 0 N–H and O–H groups in total. The average molecular weight is 576 g/mol. The molecule has 5 rings (SSSR count). The van der Waals surface area contributed by atoms with Gasteiger partial charge >= 0.3 is 5.97 Å². The van der Waals surface area contributed by atoms with Crippen LogP contribution >= 0.6 is 11.3 Å². The number of carbonyl (C=O) groups excluding carboxylic acids is 1. The van der Waals surface area contributed by atoms with Crippen LogP contribution in [0.2, 0.25) is 0 Å². The molecule has 1 aromatic heterocycles. The van der Waals surface area contributed by atoms with Crippen LogP contribution in [0.3, 0.4) is 0 Å². The molecule has 3 aromatic rings. The summed E-state index contributed by atoms with van der Waals surface area (Å²) in [5.74, 6) is 0.643. The molecule has 2 aliphatic rings. The minimum absolute atomic E-state index is 0.209. The first-order valence-electron chi connectivity index (χ1n) is 14.2. The van der Waals surface area contributed by atoms with E-state index in [1.807, 2.05) is 19.1 Å². The Hall–Kier alpha value is -3.85. The second-order valence-electron chi connectivity index (χ2n) is 10.3. The highest BCUT2D eigenvalue weighted by atomic mass is 32.1. The fourth-order valence-electron chi connectivity index (χ4n) is 5.60. The number of anilines is 1. The monoisotopic (exact) mass is 575 g/mol. The second kappa shape index (κ2) is 12.3. The van der Waals surface area contributed by atoms with Gasteiger partial charge < -0.3 is 19.1 Å². The molecule has 9 heteroatoms. The maximum absolute atomic E-state index is 14.2. The van der Waals surface area contributed by atoms with E-state index in [4.69, 9.17) is 19.2 Å². The van der Waals surface area contributed by atoms with Gasteiger partial charge in [0.2, 0.25) is 0 Å².